The summed E-state index contributed by atoms with van der Waals surface area (Å²) in [5.74, 6) is 0.380. The number of piperidine rings is 1. The first kappa shape index (κ1) is 21.9. The van der Waals surface area contributed by atoms with Crippen LogP contribution in [0.5, 0.6) is 0 Å². The fourth-order valence-corrected chi connectivity index (χ4v) is 4.03. The summed E-state index contributed by atoms with van der Waals surface area (Å²) < 4.78 is 5.53. The Balaban J connectivity index is 1.58. The Morgan fingerprint density at radius 1 is 1.12 bits per heavy atom. The number of carbonyl (C=O) groups is 1. The Morgan fingerprint density at radius 3 is 2.59 bits per heavy atom. The molecule has 0 atom stereocenters. The SMILES string of the molecule is O=C(Nc1ccc(Cl)c(-c2ccc(CO)o2)c1)c1ccc(N2CCCCC2)c([N+](=O)[O-])c1. The molecule has 1 saturated heterocycles. The molecule has 2 N–H and O–H groups in total. The lowest BCUT2D eigenvalue weighted by Crippen LogP contribution is -2.30. The van der Waals surface area contributed by atoms with Crippen LogP contribution in [-0.4, -0.2) is 29.0 Å². The van der Waals surface area contributed by atoms with Crippen LogP contribution in [-0.2, 0) is 6.61 Å². The highest BCUT2D eigenvalue weighted by molar-refractivity contribution is 6.33. The number of nitro benzene ring substituents is 1. The number of benzene rings is 2. The molecule has 0 aliphatic carbocycles. The second kappa shape index (κ2) is 9.42. The van der Waals surface area contributed by atoms with Crippen molar-refractivity contribution in [2.45, 2.75) is 25.9 Å². The molecule has 0 bridgehead atoms. The molecule has 8 nitrogen and oxygen atoms in total. The van der Waals surface area contributed by atoms with Crippen LogP contribution in [0.15, 0.2) is 52.9 Å². The number of carbonyl (C=O) groups excluding carboxylic acids is 1. The fourth-order valence-electron chi connectivity index (χ4n) is 3.82. The minimum Gasteiger partial charge on any atom is -0.459 e. The number of hydrogen-bond acceptors (Lipinski definition) is 6. The van der Waals surface area contributed by atoms with Gasteiger partial charge < -0.3 is 19.7 Å². The van der Waals surface area contributed by atoms with Gasteiger partial charge in [-0.15, -0.1) is 0 Å². The van der Waals surface area contributed by atoms with E-state index in [9.17, 15) is 20.0 Å². The summed E-state index contributed by atoms with van der Waals surface area (Å²) in [5, 5.41) is 24.0. The molecule has 1 aliphatic heterocycles. The minimum atomic E-state index is -0.470. The molecule has 0 spiro atoms. The summed E-state index contributed by atoms with van der Waals surface area (Å²) in [7, 11) is 0. The molecule has 166 valence electrons. The maximum Gasteiger partial charge on any atom is 0.293 e. The number of furan rings is 1. The number of nitrogens with one attached hydrogen (secondary N) is 1. The summed E-state index contributed by atoms with van der Waals surface area (Å²) in [6.07, 6.45) is 3.11. The van der Waals surface area contributed by atoms with Crippen LogP contribution in [0, 0.1) is 10.1 Å². The second-order valence-electron chi connectivity index (χ2n) is 7.58. The van der Waals surface area contributed by atoms with E-state index in [1.54, 1.807) is 42.5 Å². The number of halogens is 1. The predicted molar refractivity (Wildman–Crippen MR) is 122 cm³/mol. The van der Waals surface area contributed by atoms with Crippen molar-refractivity contribution in [2.24, 2.45) is 0 Å². The third-order valence-electron chi connectivity index (χ3n) is 5.44. The molecular weight excluding hydrogens is 434 g/mol. The Hall–Kier alpha value is -3.36. The van der Waals surface area contributed by atoms with Gasteiger partial charge in [-0.2, -0.15) is 0 Å². The van der Waals surface area contributed by atoms with E-state index >= 15 is 0 Å². The van der Waals surface area contributed by atoms with E-state index in [4.69, 9.17) is 16.0 Å². The monoisotopic (exact) mass is 455 g/mol. The average molecular weight is 456 g/mol. The Morgan fingerprint density at radius 2 is 1.91 bits per heavy atom. The molecule has 9 heteroatoms. The van der Waals surface area contributed by atoms with E-state index in [0.29, 0.717) is 33.5 Å². The smallest absolute Gasteiger partial charge is 0.293 e. The van der Waals surface area contributed by atoms with E-state index in [2.05, 4.69) is 5.32 Å². The van der Waals surface area contributed by atoms with Crippen molar-refractivity contribution in [3.8, 4) is 11.3 Å². The van der Waals surface area contributed by atoms with Gasteiger partial charge in [0, 0.05) is 36.0 Å². The van der Waals surface area contributed by atoms with Crippen LogP contribution in [0.2, 0.25) is 5.02 Å². The van der Waals surface area contributed by atoms with Gasteiger partial charge in [-0.3, -0.25) is 14.9 Å². The Kier molecular flexibility index (Phi) is 6.43. The molecule has 0 unspecified atom stereocenters. The quantitative estimate of drug-likeness (QED) is 0.388. The number of aliphatic hydroxyl groups excluding tert-OH is 1. The highest BCUT2D eigenvalue weighted by Gasteiger charge is 2.23. The first-order chi connectivity index (χ1) is 15.5. The van der Waals surface area contributed by atoms with Crippen molar-refractivity contribution in [3.63, 3.8) is 0 Å². The Bertz CT molecular complexity index is 1150. The number of hydrogen-bond donors (Lipinski definition) is 2. The zero-order valence-electron chi connectivity index (χ0n) is 17.2. The molecule has 1 aromatic heterocycles. The van der Waals surface area contributed by atoms with Gasteiger partial charge in [-0.05, 0) is 61.7 Å². The van der Waals surface area contributed by atoms with E-state index in [-0.39, 0.29) is 17.9 Å². The third-order valence-corrected chi connectivity index (χ3v) is 5.77. The van der Waals surface area contributed by atoms with Gasteiger partial charge in [0.25, 0.3) is 11.6 Å². The zero-order valence-corrected chi connectivity index (χ0v) is 18.0. The second-order valence-corrected chi connectivity index (χ2v) is 7.99. The molecule has 0 saturated carbocycles. The first-order valence-electron chi connectivity index (χ1n) is 10.3. The minimum absolute atomic E-state index is 0.0801. The lowest BCUT2D eigenvalue weighted by molar-refractivity contribution is -0.384. The van der Waals surface area contributed by atoms with Crippen LogP contribution >= 0.6 is 11.6 Å². The normalized spacial score (nSPS) is 13.8. The van der Waals surface area contributed by atoms with Gasteiger partial charge in [0.1, 0.15) is 23.8 Å². The van der Waals surface area contributed by atoms with Crippen LogP contribution in [0.1, 0.15) is 35.4 Å². The van der Waals surface area contributed by atoms with Crippen molar-refractivity contribution in [1.29, 1.82) is 0 Å². The van der Waals surface area contributed by atoms with Crippen LogP contribution in [0.3, 0.4) is 0 Å². The first-order valence-corrected chi connectivity index (χ1v) is 10.7. The summed E-state index contributed by atoms with van der Waals surface area (Å²) in [4.78, 5) is 26.0. The number of aliphatic hydroxyl groups is 1. The van der Waals surface area contributed by atoms with Crippen molar-refractivity contribution >= 4 is 34.6 Å². The Labute approximate surface area is 189 Å². The zero-order chi connectivity index (χ0) is 22.7. The summed E-state index contributed by atoms with van der Waals surface area (Å²) in [6, 6.07) is 12.8. The van der Waals surface area contributed by atoms with Crippen molar-refractivity contribution < 1.29 is 19.2 Å². The molecule has 2 heterocycles. The number of amides is 1. The fraction of sp³-hybridized carbons (Fsp3) is 0.261. The van der Waals surface area contributed by atoms with Crippen LogP contribution < -0.4 is 10.2 Å². The highest BCUT2D eigenvalue weighted by atomic mass is 35.5. The molecule has 32 heavy (non-hydrogen) atoms. The largest absolute Gasteiger partial charge is 0.459 e. The average Bonchev–Trinajstić information content (AvgIpc) is 3.29. The van der Waals surface area contributed by atoms with Gasteiger partial charge in [0.2, 0.25) is 0 Å². The number of anilines is 2. The molecule has 3 aromatic rings. The van der Waals surface area contributed by atoms with Crippen LogP contribution in [0.25, 0.3) is 11.3 Å². The summed E-state index contributed by atoms with van der Waals surface area (Å²) >= 11 is 6.27. The van der Waals surface area contributed by atoms with E-state index in [0.717, 1.165) is 32.4 Å². The van der Waals surface area contributed by atoms with Crippen LogP contribution in [0.4, 0.5) is 17.1 Å². The van der Waals surface area contributed by atoms with Gasteiger partial charge in [0.15, 0.2) is 0 Å². The summed E-state index contributed by atoms with van der Waals surface area (Å²) in [6.45, 7) is 1.30. The van der Waals surface area contributed by atoms with E-state index in [1.165, 1.54) is 6.07 Å². The molecule has 0 radical (unpaired) electrons. The maximum absolute atomic E-state index is 12.8. The maximum atomic E-state index is 12.8. The molecule has 2 aromatic carbocycles. The van der Waals surface area contributed by atoms with Gasteiger partial charge in [-0.25, -0.2) is 0 Å². The van der Waals surface area contributed by atoms with E-state index in [1.807, 2.05) is 4.90 Å². The molecule has 1 amide bonds. The number of rotatable bonds is 6. The lowest BCUT2D eigenvalue weighted by atomic mass is 10.1. The number of nitrogens with zero attached hydrogens (tertiary/aromatic N) is 2. The van der Waals surface area contributed by atoms with Gasteiger partial charge >= 0.3 is 0 Å². The van der Waals surface area contributed by atoms with Crippen molar-refractivity contribution in [1.82, 2.24) is 0 Å². The lowest BCUT2D eigenvalue weighted by Gasteiger charge is -2.28. The topological polar surface area (TPSA) is 109 Å². The molecule has 1 fully saturated rings. The molecule has 4 rings (SSSR count). The van der Waals surface area contributed by atoms with Crippen molar-refractivity contribution in [2.75, 3.05) is 23.3 Å². The third kappa shape index (κ3) is 4.61. The predicted octanol–water partition coefficient (Wildman–Crippen LogP) is 5.24. The standard InChI is InChI=1S/C23H22ClN3O5/c24-19-7-5-16(13-18(19)22-9-6-17(14-28)32-22)25-23(29)15-4-8-20(21(12-15)27(30)31)26-10-2-1-3-11-26/h4-9,12-13,28H,1-3,10-11,14H2,(H,25,29). The molecular formula is C23H22ClN3O5. The number of nitro groups is 1. The molecule has 1 aliphatic rings. The van der Waals surface area contributed by atoms with Gasteiger partial charge in [0.05, 0.1) is 9.95 Å². The van der Waals surface area contributed by atoms with Gasteiger partial charge in [-0.1, -0.05) is 11.6 Å². The van der Waals surface area contributed by atoms with E-state index < -0.39 is 10.8 Å². The van der Waals surface area contributed by atoms with Crippen molar-refractivity contribution in [3.05, 3.63) is 75.0 Å². The summed E-state index contributed by atoms with van der Waals surface area (Å²) in [5.41, 5.74) is 1.66. The highest BCUT2D eigenvalue weighted by Crippen LogP contribution is 2.33.